The summed E-state index contributed by atoms with van der Waals surface area (Å²) >= 11 is 0. The third kappa shape index (κ3) is 2.39. The number of anilines is 1. The molecule has 0 atom stereocenters. The molecule has 0 aliphatic carbocycles. The second-order valence-electron chi connectivity index (χ2n) is 3.97. The molecule has 1 aliphatic heterocycles. The molecule has 0 bridgehead atoms. The fraction of sp³-hybridized carbons (Fsp3) is 0.500. The zero-order valence-electron chi connectivity index (χ0n) is 9.75. The lowest BCUT2D eigenvalue weighted by Gasteiger charge is -2.27. The minimum atomic E-state index is 0.744. The highest BCUT2D eigenvalue weighted by Gasteiger charge is 2.16. The van der Waals surface area contributed by atoms with E-state index in [1.165, 1.54) is 0 Å². The van der Waals surface area contributed by atoms with Gasteiger partial charge < -0.3 is 20.1 Å². The lowest BCUT2D eigenvalue weighted by Crippen LogP contribution is -2.45. The SMILES string of the molecule is COc1ccc(NCC2CNC2)cc1OC. The molecule has 4 heteroatoms. The Bertz CT molecular complexity index is 351. The molecule has 0 spiro atoms. The van der Waals surface area contributed by atoms with E-state index in [0.29, 0.717) is 0 Å². The van der Waals surface area contributed by atoms with Crippen LogP contribution in [-0.2, 0) is 0 Å². The number of rotatable bonds is 5. The van der Waals surface area contributed by atoms with Crippen molar-refractivity contribution in [1.29, 1.82) is 0 Å². The van der Waals surface area contributed by atoms with Crippen LogP contribution in [0.1, 0.15) is 0 Å². The lowest BCUT2D eigenvalue weighted by atomic mass is 10.0. The summed E-state index contributed by atoms with van der Waals surface area (Å²) in [6.07, 6.45) is 0. The van der Waals surface area contributed by atoms with E-state index >= 15 is 0 Å². The van der Waals surface area contributed by atoms with E-state index in [-0.39, 0.29) is 0 Å². The van der Waals surface area contributed by atoms with Crippen LogP contribution in [-0.4, -0.2) is 33.9 Å². The highest BCUT2D eigenvalue weighted by atomic mass is 16.5. The van der Waals surface area contributed by atoms with Crippen molar-refractivity contribution >= 4 is 5.69 Å². The average Bonchev–Trinajstić information content (AvgIpc) is 2.26. The molecule has 88 valence electrons. The molecule has 1 aromatic carbocycles. The molecule has 2 rings (SSSR count). The van der Waals surface area contributed by atoms with Crippen molar-refractivity contribution < 1.29 is 9.47 Å². The molecule has 0 amide bonds. The zero-order chi connectivity index (χ0) is 11.4. The molecule has 0 aromatic heterocycles. The fourth-order valence-electron chi connectivity index (χ4n) is 1.70. The van der Waals surface area contributed by atoms with E-state index in [4.69, 9.17) is 9.47 Å². The minimum absolute atomic E-state index is 0.744. The minimum Gasteiger partial charge on any atom is -0.493 e. The topological polar surface area (TPSA) is 42.5 Å². The van der Waals surface area contributed by atoms with Crippen LogP contribution < -0.4 is 20.1 Å². The van der Waals surface area contributed by atoms with Gasteiger partial charge in [0.25, 0.3) is 0 Å². The molecule has 0 radical (unpaired) electrons. The van der Waals surface area contributed by atoms with Gasteiger partial charge >= 0.3 is 0 Å². The highest BCUT2D eigenvalue weighted by Crippen LogP contribution is 2.29. The first kappa shape index (κ1) is 11.1. The summed E-state index contributed by atoms with van der Waals surface area (Å²) < 4.78 is 10.4. The standard InChI is InChI=1S/C12H18N2O2/c1-15-11-4-3-10(5-12(11)16-2)14-8-9-6-13-7-9/h3-5,9,13-14H,6-8H2,1-2H3. The Morgan fingerprint density at radius 1 is 1.25 bits per heavy atom. The fourth-order valence-corrected chi connectivity index (χ4v) is 1.70. The van der Waals surface area contributed by atoms with Gasteiger partial charge in [0.2, 0.25) is 0 Å². The molecular formula is C12H18N2O2. The first-order chi connectivity index (χ1) is 7.83. The Morgan fingerprint density at radius 2 is 2.00 bits per heavy atom. The first-order valence-electron chi connectivity index (χ1n) is 5.50. The van der Waals surface area contributed by atoms with E-state index in [1.807, 2.05) is 18.2 Å². The number of ether oxygens (including phenoxy) is 2. The predicted molar refractivity (Wildman–Crippen MR) is 64.4 cm³/mol. The zero-order valence-corrected chi connectivity index (χ0v) is 9.75. The van der Waals surface area contributed by atoms with Crippen molar-refractivity contribution in [2.45, 2.75) is 0 Å². The predicted octanol–water partition coefficient (Wildman–Crippen LogP) is 1.34. The van der Waals surface area contributed by atoms with Crippen LogP contribution in [0.3, 0.4) is 0 Å². The summed E-state index contributed by atoms with van der Waals surface area (Å²) in [5.74, 6) is 2.27. The Hall–Kier alpha value is -1.42. The van der Waals surface area contributed by atoms with Gasteiger partial charge in [-0.3, -0.25) is 0 Å². The second kappa shape index (κ2) is 5.07. The third-order valence-corrected chi connectivity index (χ3v) is 2.84. The molecule has 2 N–H and O–H groups in total. The molecule has 1 fully saturated rings. The second-order valence-corrected chi connectivity index (χ2v) is 3.97. The Labute approximate surface area is 95.9 Å². The molecule has 1 aromatic rings. The van der Waals surface area contributed by atoms with Crippen molar-refractivity contribution in [3.05, 3.63) is 18.2 Å². The van der Waals surface area contributed by atoms with E-state index < -0.39 is 0 Å². The van der Waals surface area contributed by atoms with Crippen molar-refractivity contribution in [3.63, 3.8) is 0 Å². The highest BCUT2D eigenvalue weighted by molar-refractivity contribution is 5.54. The van der Waals surface area contributed by atoms with Gasteiger partial charge in [0.15, 0.2) is 11.5 Å². The Balaban J connectivity index is 1.97. The van der Waals surface area contributed by atoms with Crippen LogP contribution in [0.25, 0.3) is 0 Å². The molecule has 0 unspecified atom stereocenters. The van der Waals surface area contributed by atoms with Crippen molar-refractivity contribution in [3.8, 4) is 11.5 Å². The molecule has 4 nitrogen and oxygen atoms in total. The Morgan fingerprint density at radius 3 is 2.56 bits per heavy atom. The van der Waals surface area contributed by atoms with Gasteiger partial charge in [0, 0.05) is 37.3 Å². The number of benzene rings is 1. The number of hydrogen-bond acceptors (Lipinski definition) is 4. The van der Waals surface area contributed by atoms with Crippen molar-refractivity contribution in [1.82, 2.24) is 5.32 Å². The molecule has 16 heavy (non-hydrogen) atoms. The normalized spacial score (nSPS) is 15.4. The molecule has 0 saturated carbocycles. The van der Waals surface area contributed by atoms with Gasteiger partial charge in [-0.1, -0.05) is 0 Å². The number of nitrogens with one attached hydrogen (secondary N) is 2. The summed E-state index contributed by atoms with van der Waals surface area (Å²) in [5, 5.41) is 6.65. The average molecular weight is 222 g/mol. The van der Waals surface area contributed by atoms with Crippen molar-refractivity contribution in [2.75, 3.05) is 39.2 Å². The number of methoxy groups -OCH3 is 2. The van der Waals surface area contributed by atoms with E-state index in [9.17, 15) is 0 Å². The summed E-state index contributed by atoms with van der Waals surface area (Å²) in [6, 6.07) is 5.89. The molecular weight excluding hydrogens is 204 g/mol. The van der Waals surface area contributed by atoms with Crippen LogP contribution in [0, 0.1) is 5.92 Å². The van der Waals surface area contributed by atoms with Gasteiger partial charge in [-0.2, -0.15) is 0 Å². The van der Waals surface area contributed by atoms with Gasteiger partial charge in [-0.15, -0.1) is 0 Å². The first-order valence-corrected chi connectivity index (χ1v) is 5.50. The molecule has 1 saturated heterocycles. The molecule has 1 aliphatic rings. The summed E-state index contributed by atoms with van der Waals surface area (Å²) in [7, 11) is 3.29. The quantitative estimate of drug-likeness (QED) is 0.789. The van der Waals surface area contributed by atoms with Crippen LogP contribution in [0.2, 0.25) is 0 Å². The van der Waals surface area contributed by atoms with Gasteiger partial charge in [-0.25, -0.2) is 0 Å². The largest absolute Gasteiger partial charge is 0.493 e. The van der Waals surface area contributed by atoms with Crippen LogP contribution in [0.5, 0.6) is 11.5 Å². The van der Waals surface area contributed by atoms with E-state index in [2.05, 4.69) is 10.6 Å². The third-order valence-electron chi connectivity index (χ3n) is 2.84. The van der Waals surface area contributed by atoms with E-state index in [0.717, 1.165) is 42.7 Å². The van der Waals surface area contributed by atoms with Gasteiger partial charge in [-0.05, 0) is 12.1 Å². The number of hydrogen-bond donors (Lipinski definition) is 2. The van der Waals surface area contributed by atoms with E-state index in [1.54, 1.807) is 14.2 Å². The van der Waals surface area contributed by atoms with Crippen LogP contribution >= 0.6 is 0 Å². The summed E-state index contributed by atoms with van der Waals surface area (Å²) in [6.45, 7) is 3.23. The Kier molecular flexibility index (Phi) is 3.51. The monoisotopic (exact) mass is 222 g/mol. The molecule has 1 heterocycles. The van der Waals surface area contributed by atoms with Crippen molar-refractivity contribution in [2.24, 2.45) is 5.92 Å². The summed E-state index contributed by atoms with van der Waals surface area (Å²) in [4.78, 5) is 0. The van der Waals surface area contributed by atoms with Crippen LogP contribution in [0.4, 0.5) is 5.69 Å². The maximum atomic E-state index is 5.25. The lowest BCUT2D eigenvalue weighted by molar-refractivity contribution is 0.354. The smallest absolute Gasteiger partial charge is 0.162 e. The maximum Gasteiger partial charge on any atom is 0.162 e. The van der Waals surface area contributed by atoms with Gasteiger partial charge in [0.1, 0.15) is 0 Å². The van der Waals surface area contributed by atoms with Gasteiger partial charge in [0.05, 0.1) is 14.2 Å². The summed E-state index contributed by atoms with van der Waals surface area (Å²) in [5.41, 5.74) is 1.07. The maximum absolute atomic E-state index is 5.25. The van der Waals surface area contributed by atoms with Crippen LogP contribution in [0.15, 0.2) is 18.2 Å².